The zero-order valence-corrected chi connectivity index (χ0v) is 10.9. The van der Waals surface area contributed by atoms with Crippen LogP contribution in [0.15, 0.2) is 21.3 Å². The second-order valence-electron chi connectivity index (χ2n) is 4.10. The Bertz CT molecular complexity index is 453. The van der Waals surface area contributed by atoms with E-state index in [0.29, 0.717) is 18.3 Å². The molecule has 0 radical (unpaired) electrons. The molecule has 0 aromatic carbocycles. The monoisotopic (exact) mass is 271 g/mol. The summed E-state index contributed by atoms with van der Waals surface area (Å²) < 4.78 is 5.17. The molecule has 2 aromatic rings. The minimum atomic E-state index is 0. The quantitative estimate of drug-likeness (QED) is 0.908. The second-order valence-corrected chi connectivity index (χ2v) is 4.88. The van der Waals surface area contributed by atoms with Crippen molar-refractivity contribution in [3.63, 3.8) is 0 Å². The molecule has 1 aliphatic rings. The molecule has 0 spiro atoms. The lowest BCUT2D eigenvalue weighted by atomic mass is 10.3. The predicted octanol–water partition coefficient (Wildman–Crippen LogP) is 2.72. The van der Waals surface area contributed by atoms with Gasteiger partial charge in [-0.15, -0.1) is 12.4 Å². The molecule has 0 amide bonds. The van der Waals surface area contributed by atoms with E-state index in [1.54, 1.807) is 11.3 Å². The van der Waals surface area contributed by atoms with Crippen molar-refractivity contribution >= 4 is 23.7 Å². The van der Waals surface area contributed by atoms with Crippen molar-refractivity contribution in [1.82, 2.24) is 15.5 Å². The fourth-order valence-corrected chi connectivity index (χ4v) is 2.18. The van der Waals surface area contributed by atoms with E-state index in [1.165, 1.54) is 12.8 Å². The number of hydrogen-bond donors (Lipinski definition) is 1. The van der Waals surface area contributed by atoms with Gasteiger partial charge in [-0.05, 0) is 36.8 Å². The third-order valence-corrected chi connectivity index (χ3v) is 3.34. The average Bonchev–Trinajstić information content (AvgIpc) is 2.83. The first-order valence-corrected chi connectivity index (χ1v) is 6.42. The van der Waals surface area contributed by atoms with Crippen molar-refractivity contribution in [1.29, 1.82) is 0 Å². The Labute approximate surface area is 110 Å². The van der Waals surface area contributed by atoms with Crippen LogP contribution in [-0.2, 0) is 6.54 Å². The first-order chi connectivity index (χ1) is 7.92. The molecular weight excluding hydrogens is 258 g/mol. The van der Waals surface area contributed by atoms with Crippen LogP contribution in [0.2, 0.25) is 0 Å². The molecule has 1 aliphatic carbocycles. The zero-order valence-electron chi connectivity index (χ0n) is 9.26. The summed E-state index contributed by atoms with van der Waals surface area (Å²) in [5.41, 5.74) is 1.03. The molecule has 4 nitrogen and oxygen atoms in total. The molecule has 2 heterocycles. The highest BCUT2D eigenvalue weighted by Crippen LogP contribution is 2.27. The van der Waals surface area contributed by atoms with Crippen molar-refractivity contribution in [3.8, 4) is 11.4 Å². The number of aromatic nitrogens is 2. The first kappa shape index (κ1) is 12.5. The van der Waals surface area contributed by atoms with E-state index in [2.05, 4.69) is 15.5 Å². The molecule has 1 fully saturated rings. The molecule has 17 heavy (non-hydrogen) atoms. The predicted molar refractivity (Wildman–Crippen MR) is 69.3 cm³/mol. The van der Waals surface area contributed by atoms with E-state index in [0.717, 1.165) is 18.0 Å². The van der Waals surface area contributed by atoms with E-state index < -0.39 is 0 Å². The van der Waals surface area contributed by atoms with E-state index in [4.69, 9.17) is 4.52 Å². The summed E-state index contributed by atoms with van der Waals surface area (Å²) in [5, 5.41) is 11.3. The molecule has 6 heteroatoms. The van der Waals surface area contributed by atoms with E-state index in [9.17, 15) is 0 Å². The Morgan fingerprint density at radius 2 is 2.35 bits per heavy atom. The number of halogens is 1. The van der Waals surface area contributed by atoms with Crippen LogP contribution in [0.25, 0.3) is 11.4 Å². The van der Waals surface area contributed by atoms with Gasteiger partial charge in [-0.1, -0.05) is 5.16 Å². The largest absolute Gasteiger partial charge is 0.338 e. The lowest BCUT2D eigenvalue weighted by molar-refractivity contribution is 0.367. The van der Waals surface area contributed by atoms with Gasteiger partial charge >= 0.3 is 0 Å². The number of thiophene rings is 1. The maximum absolute atomic E-state index is 5.17. The summed E-state index contributed by atoms with van der Waals surface area (Å²) in [4.78, 5) is 4.34. The van der Waals surface area contributed by atoms with Gasteiger partial charge in [0.25, 0.3) is 0 Å². The highest BCUT2D eigenvalue weighted by molar-refractivity contribution is 7.08. The lowest BCUT2D eigenvalue weighted by Gasteiger charge is -1.96. The summed E-state index contributed by atoms with van der Waals surface area (Å²) in [7, 11) is 0. The van der Waals surface area contributed by atoms with Crippen molar-refractivity contribution in [3.05, 3.63) is 22.7 Å². The third kappa shape index (κ3) is 3.28. The molecule has 92 valence electrons. The first-order valence-electron chi connectivity index (χ1n) is 5.48. The van der Waals surface area contributed by atoms with Crippen molar-refractivity contribution in [2.45, 2.75) is 19.4 Å². The van der Waals surface area contributed by atoms with Crippen LogP contribution < -0.4 is 5.32 Å². The van der Waals surface area contributed by atoms with Crippen molar-refractivity contribution in [2.75, 3.05) is 6.54 Å². The van der Waals surface area contributed by atoms with E-state index in [-0.39, 0.29) is 12.4 Å². The van der Waals surface area contributed by atoms with Gasteiger partial charge in [0.2, 0.25) is 11.7 Å². The number of hydrogen-bond acceptors (Lipinski definition) is 5. The second kappa shape index (κ2) is 5.62. The topological polar surface area (TPSA) is 51.0 Å². The summed E-state index contributed by atoms with van der Waals surface area (Å²) >= 11 is 1.64. The third-order valence-electron chi connectivity index (χ3n) is 2.65. The lowest BCUT2D eigenvalue weighted by Crippen LogP contribution is -2.16. The Morgan fingerprint density at radius 1 is 1.47 bits per heavy atom. The number of nitrogens with zero attached hydrogens (tertiary/aromatic N) is 2. The smallest absolute Gasteiger partial charge is 0.240 e. The molecule has 1 saturated carbocycles. The summed E-state index contributed by atoms with van der Waals surface area (Å²) in [6.07, 6.45) is 2.72. The summed E-state index contributed by atoms with van der Waals surface area (Å²) in [6, 6.07) is 2.00. The van der Waals surface area contributed by atoms with Crippen LogP contribution in [0.4, 0.5) is 0 Å². The zero-order chi connectivity index (χ0) is 10.8. The molecule has 3 rings (SSSR count). The fraction of sp³-hybridized carbons (Fsp3) is 0.455. The summed E-state index contributed by atoms with van der Waals surface area (Å²) in [5.74, 6) is 2.23. The fourth-order valence-electron chi connectivity index (χ4n) is 1.54. The number of nitrogens with one attached hydrogen (secondary N) is 1. The Hall–Kier alpha value is -0.910. The van der Waals surface area contributed by atoms with Gasteiger partial charge in [0.1, 0.15) is 0 Å². The highest BCUT2D eigenvalue weighted by atomic mass is 35.5. The van der Waals surface area contributed by atoms with Gasteiger partial charge in [-0.25, -0.2) is 0 Å². The van der Waals surface area contributed by atoms with Crippen LogP contribution in [0, 0.1) is 5.92 Å². The van der Waals surface area contributed by atoms with Crippen LogP contribution in [-0.4, -0.2) is 16.7 Å². The van der Waals surface area contributed by atoms with Gasteiger partial charge < -0.3 is 9.84 Å². The minimum absolute atomic E-state index is 0. The molecular formula is C11H14ClN3OS. The molecule has 2 aromatic heterocycles. The van der Waals surface area contributed by atoms with Crippen molar-refractivity contribution < 1.29 is 4.52 Å². The van der Waals surface area contributed by atoms with Crippen molar-refractivity contribution in [2.24, 2.45) is 5.92 Å². The maximum Gasteiger partial charge on any atom is 0.240 e. The van der Waals surface area contributed by atoms with Gasteiger partial charge in [0, 0.05) is 10.9 Å². The molecule has 0 saturated heterocycles. The van der Waals surface area contributed by atoms with Gasteiger partial charge in [0.05, 0.1) is 6.54 Å². The van der Waals surface area contributed by atoms with Gasteiger partial charge in [-0.3, -0.25) is 0 Å². The van der Waals surface area contributed by atoms with Crippen LogP contribution in [0.5, 0.6) is 0 Å². The molecule has 0 bridgehead atoms. The normalized spacial score (nSPS) is 14.6. The Morgan fingerprint density at radius 3 is 3.06 bits per heavy atom. The highest BCUT2D eigenvalue weighted by Gasteiger charge is 2.20. The number of rotatable bonds is 5. The molecule has 0 unspecified atom stereocenters. The SMILES string of the molecule is Cl.c1cc(-c2noc(CNCC3CC3)n2)cs1. The Balaban J connectivity index is 0.00000108. The molecule has 1 N–H and O–H groups in total. The van der Waals surface area contributed by atoms with Gasteiger partial charge in [-0.2, -0.15) is 16.3 Å². The average molecular weight is 272 g/mol. The van der Waals surface area contributed by atoms with E-state index in [1.807, 2.05) is 16.8 Å². The standard InChI is InChI=1S/C11H13N3OS.ClH/c1-2-8(1)5-12-6-10-13-11(14-15-10)9-3-4-16-7-9;/h3-4,7-8,12H,1-2,5-6H2;1H. The van der Waals surface area contributed by atoms with Crippen LogP contribution >= 0.6 is 23.7 Å². The van der Waals surface area contributed by atoms with Crippen LogP contribution in [0.1, 0.15) is 18.7 Å². The van der Waals surface area contributed by atoms with Gasteiger partial charge in [0.15, 0.2) is 0 Å². The Kier molecular flexibility index (Phi) is 4.15. The minimum Gasteiger partial charge on any atom is -0.338 e. The maximum atomic E-state index is 5.17. The molecule has 0 aliphatic heterocycles. The van der Waals surface area contributed by atoms with E-state index >= 15 is 0 Å². The summed E-state index contributed by atoms with van der Waals surface area (Å²) in [6.45, 7) is 1.74. The van der Waals surface area contributed by atoms with Crippen LogP contribution in [0.3, 0.4) is 0 Å². The molecule has 0 atom stereocenters.